The summed E-state index contributed by atoms with van der Waals surface area (Å²) in [6.45, 7) is 4.60. The van der Waals surface area contributed by atoms with Crippen LogP contribution in [0.4, 0.5) is 0 Å². The average Bonchev–Trinajstić information content (AvgIpc) is 2.81. The molecule has 3 aromatic carbocycles. The Bertz CT molecular complexity index is 1360. The summed E-state index contributed by atoms with van der Waals surface area (Å²) in [4.78, 5) is 33.2. The van der Waals surface area contributed by atoms with Crippen LogP contribution in [0.2, 0.25) is 5.02 Å². The lowest BCUT2D eigenvalue weighted by molar-refractivity contribution is 0.0677. The van der Waals surface area contributed by atoms with E-state index in [4.69, 9.17) is 16.6 Å². The first-order chi connectivity index (χ1) is 15.4. The minimum Gasteiger partial charge on any atom is -0.329 e. The van der Waals surface area contributed by atoms with Gasteiger partial charge < -0.3 is 4.90 Å². The molecule has 6 heteroatoms. The van der Waals surface area contributed by atoms with Crippen LogP contribution in [-0.2, 0) is 7.05 Å². The molecule has 1 heterocycles. The van der Waals surface area contributed by atoms with Gasteiger partial charge in [0, 0.05) is 24.2 Å². The Labute approximate surface area is 192 Å². The van der Waals surface area contributed by atoms with Gasteiger partial charge in [-0.2, -0.15) is 0 Å². The van der Waals surface area contributed by atoms with Gasteiger partial charge in [-0.15, -0.1) is 0 Å². The Morgan fingerprint density at radius 2 is 1.84 bits per heavy atom. The lowest BCUT2D eigenvalue weighted by Gasteiger charge is -2.30. The lowest BCUT2D eigenvalue weighted by atomic mass is 10.1. The molecule has 1 atom stereocenters. The topological polar surface area (TPSA) is 55.2 Å². The van der Waals surface area contributed by atoms with Crippen molar-refractivity contribution >= 4 is 39.2 Å². The molecule has 0 saturated heterocycles. The molecule has 4 aromatic rings. The summed E-state index contributed by atoms with van der Waals surface area (Å²) < 4.78 is 1.52. The molecule has 0 aliphatic rings. The molecule has 0 saturated carbocycles. The number of amides is 1. The van der Waals surface area contributed by atoms with Crippen LogP contribution in [-0.4, -0.2) is 26.9 Å². The highest BCUT2D eigenvalue weighted by Gasteiger charge is 2.26. The highest BCUT2D eigenvalue weighted by molar-refractivity contribution is 6.31. The second-order valence-electron chi connectivity index (χ2n) is 8.09. The van der Waals surface area contributed by atoms with E-state index in [1.54, 1.807) is 25.2 Å². The van der Waals surface area contributed by atoms with Crippen molar-refractivity contribution in [2.45, 2.75) is 32.7 Å². The molecule has 0 fully saturated rings. The van der Waals surface area contributed by atoms with E-state index >= 15 is 0 Å². The van der Waals surface area contributed by atoms with E-state index in [0.29, 0.717) is 33.9 Å². The van der Waals surface area contributed by atoms with Gasteiger partial charge in [0.05, 0.1) is 16.9 Å². The molecule has 32 heavy (non-hydrogen) atoms. The maximum atomic E-state index is 13.6. The van der Waals surface area contributed by atoms with E-state index < -0.39 is 0 Å². The van der Waals surface area contributed by atoms with Crippen molar-refractivity contribution in [2.75, 3.05) is 6.54 Å². The number of carbonyl (C=O) groups excluding carboxylic acids is 1. The van der Waals surface area contributed by atoms with Crippen LogP contribution in [0, 0.1) is 0 Å². The van der Waals surface area contributed by atoms with E-state index in [1.165, 1.54) is 4.57 Å². The van der Waals surface area contributed by atoms with Crippen LogP contribution < -0.4 is 5.56 Å². The molecule has 0 N–H and O–H groups in total. The first kappa shape index (κ1) is 22.0. The van der Waals surface area contributed by atoms with Crippen molar-refractivity contribution in [1.29, 1.82) is 0 Å². The van der Waals surface area contributed by atoms with Crippen LogP contribution in [0.25, 0.3) is 21.7 Å². The zero-order valence-electron chi connectivity index (χ0n) is 18.5. The minimum atomic E-state index is -0.377. The van der Waals surface area contributed by atoms with Crippen molar-refractivity contribution in [1.82, 2.24) is 14.5 Å². The lowest BCUT2D eigenvalue weighted by Crippen LogP contribution is -2.37. The van der Waals surface area contributed by atoms with Crippen molar-refractivity contribution < 1.29 is 4.79 Å². The summed E-state index contributed by atoms with van der Waals surface area (Å²) in [5.74, 6) is 0.484. The molecule has 1 unspecified atom stereocenters. The summed E-state index contributed by atoms with van der Waals surface area (Å²) in [5, 5.41) is 3.08. The largest absolute Gasteiger partial charge is 0.329 e. The summed E-state index contributed by atoms with van der Waals surface area (Å²) in [6, 6.07) is 18.5. The zero-order chi connectivity index (χ0) is 22.8. The number of nitrogens with zero attached hydrogens (tertiary/aromatic N) is 3. The Balaban J connectivity index is 1.77. The average molecular weight is 448 g/mol. The first-order valence-electron chi connectivity index (χ1n) is 10.9. The maximum Gasteiger partial charge on any atom is 0.261 e. The van der Waals surface area contributed by atoms with E-state index in [2.05, 4.69) is 6.92 Å². The molecule has 0 aliphatic carbocycles. The molecular formula is C26H26ClN3O2. The number of aromatic nitrogens is 2. The van der Waals surface area contributed by atoms with E-state index in [9.17, 15) is 9.59 Å². The van der Waals surface area contributed by atoms with E-state index in [0.717, 1.165) is 23.6 Å². The van der Waals surface area contributed by atoms with Gasteiger partial charge in [0.2, 0.25) is 0 Å². The van der Waals surface area contributed by atoms with Crippen LogP contribution in [0.5, 0.6) is 0 Å². The number of rotatable bonds is 6. The fourth-order valence-corrected chi connectivity index (χ4v) is 4.23. The quantitative estimate of drug-likeness (QED) is 0.378. The molecule has 1 amide bonds. The first-order valence-corrected chi connectivity index (χ1v) is 11.2. The molecule has 164 valence electrons. The highest BCUT2D eigenvalue weighted by Crippen LogP contribution is 2.25. The van der Waals surface area contributed by atoms with Gasteiger partial charge in [-0.3, -0.25) is 14.2 Å². The molecule has 0 bridgehead atoms. The predicted molar refractivity (Wildman–Crippen MR) is 130 cm³/mol. The highest BCUT2D eigenvalue weighted by atomic mass is 35.5. The van der Waals surface area contributed by atoms with Crippen LogP contribution in [0.3, 0.4) is 0 Å². The Kier molecular flexibility index (Phi) is 6.28. The van der Waals surface area contributed by atoms with Crippen molar-refractivity contribution in [3.8, 4) is 0 Å². The second-order valence-corrected chi connectivity index (χ2v) is 8.52. The molecule has 0 aliphatic heterocycles. The molecule has 0 spiro atoms. The third kappa shape index (κ3) is 4.13. The number of carbonyl (C=O) groups is 1. The van der Waals surface area contributed by atoms with Gasteiger partial charge >= 0.3 is 0 Å². The Morgan fingerprint density at radius 1 is 1.09 bits per heavy atom. The van der Waals surface area contributed by atoms with Crippen LogP contribution >= 0.6 is 11.6 Å². The Morgan fingerprint density at radius 3 is 2.59 bits per heavy atom. The molecule has 5 nitrogen and oxygen atoms in total. The van der Waals surface area contributed by atoms with Crippen molar-refractivity contribution in [2.24, 2.45) is 7.05 Å². The number of benzene rings is 3. The van der Waals surface area contributed by atoms with Gasteiger partial charge in [0.15, 0.2) is 0 Å². The second kappa shape index (κ2) is 9.13. The zero-order valence-corrected chi connectivity index (χ0v) is 19.3. The third-order valence-electron chi connectivity index (χ3n) is 5.92. The summed E-state index contributed by atoms with van der Waals surface area (Å²) in [5.41, 5.74) is 1.03. The molecule has 1 aromatic heterocycles. The molecule has 4 rings (SSSR count). The van der Waals surface area contributed by atoms with Crippen LogP contribution in [0.15, 0.2) is 65.5 Å². The molecule has 0 radical (unpaired) electrons. The van der Waals surface area contributed by atoms with Gasteiger partial charge in [0.1, 0.15) is 5.82 Å². The van der Waals surface area contributed by atoms with Gasteiger partial charge in [-0.1, -0.05) is 55.3 Å². The number of fused-ring (bicyclic) bond motifs is 2. The monoisotopic (exact) mass is 447 g/mol. The number of hydrogen-bond acceptors (Lipinski definition) is 3. The number of unbranched alkanes of at least 4 members (excludes halogenated alkanes) is 1. The fraction of sp³-hybridized carbons (Fsp3) is 0.269. The maximum absolute atomic E-state index is 13.6. The van der Waals surface area contributed by atoms with E-state index in [1.807, 2.05) is 54.3 Å². The minimum absolute atomic E-state index is 0.0674. The normalized spacial score (nSPS) is 12.2. The van der Waals surface area contributed by atoms with Gasteiger partial charge in [-0.05, 0) is 54.4 Å². The van der Waals surface area contributed by atoms with Crippen molar-refractivity contribution in [3.05, 3.63) is 87.4 Å². The predicted octanol–water partition coefficient (Wildman–Crippen LogP) is 5.74. The van der Waals surface area contributed by atoms with E-state index in [-0.39, 0.29) is 17.5 Å². The smallest absolute Gasteiger partial charge is 0.261 e. The number of hydrogen-bond donors (Lipinski definition) is 0. The molecular weight excluding hydrogens is 422 g/mol. The summed E-state index contributed by atoms with van der Waals surface area (Å²) in [6.07, 6.45) is 1.82. The number of halogens is 1. The van der Waals surface area contributed by atoms with Crippen molar-refractivity contribution in [3.63, 3.8) is 0 Å². The summed E-state index contributed by atoms with van der Waals surface area (Å²) >= 11 is 6.08. The SMILES string of the molecule is CCCCN(C(=O)c1ccc2ccccc2c1)C(C)c1nc2ccc(Cl)cc2c(=O)n1C. The summed E-state index contributed by atoms with van der Waals surface area (Å²) in [7, 11) is 1.69. The third-order valence-corrected chi connectivity index (χ3v) is 6.16. The van der Waals surface area contributed by atoms with Gasteiger partial charge in [0.25, 0.3) is 11.5 Å². The standard InChI is InChI=1S/C26H26ClN3O2/c1-4-5-14-30(25(31)20-11-10-18-8-6-7-9-19(18)15-20)17(2)24-28-23-13-12-21(27)16-22(23)26(32)29(24)3/h6-13,15-17H,4-5,14H2,1-3H3. The Hall–Kier alpha value is -3.18. The fourth-order valence-electron chi connectivity index (χ4n) is 4.06. The van der Waals surface area contributed by atoms with Crippen LogP contribution in [0.1, 0.15) is 48.9 Å². The van der Waals surface area contributed by atoms with Gasteiger partial charge in [-0.25, -0.2) is 4.98 Å².